The zero-order chi connectivity index (χ0) is 11.6. The summed E-state index contributed by atoms with van der Waals surface area (Å²) >= 11 is 5.85. The van der Waals surface area contributed by atoms with Crippen molar-refractivity contribution >= 4 is 11.6 Å². The molecule has 1 saturated heterocycles. The molecule has 0 amide bonds. The lowest BCUT2D eigenvalue weighted by Crippen LogP contribution is -2.31. The van der Waals surface area contributed by atoms with Crippen LogP contribution in [0.25, 0.3) is 0 Å². The number of nitrogens with one attached hydrogen (secondary N) is 2. The molecule has 0 bridgehead atoms. The second-order valence-corrected chi connectivity index (χ2v) is 5.61. The Balaban J connectivity index is 1.82. The van der Waals surface area contributed by atoms with E-state index in [9.17, 15) is 0 Å². The number of hydrogen-bond acceptors (Lipinski definition) is 2. The lowest BCUT2D eigenvalue weighted by molar-refractivity contribution is 0.442. The fraction of sp³-hybridized carbons (Fsp3) is 0.538. The molecule has 2 N–H and O–H groups in total. The third kappa shape index (κ3) is 3.21. The van der Waals surface area contributed by atoms with Crippen molar-refractivity contribution in [1.29, 1.82) is 0 Å². The maximum atomic E-state index is 5.85. The van der Waals surface area contributed by atoms with Gasteiger partial charge in [0.15, 0.2) is 0 Å². The van der Waals surface area contributed by atoms with Gasteiger partial charge < -0.3 is 10.6 Å². The summed E-state index contributed by atoms with van der Waals surface area (Å²) in [7, 11) is 0. The van der Waals surface area contributed by atoms with Crippen molar-refractivity contribution in [1.82, 2.24) is 10.6 Å². The number of benzene rings is 1. The minimum atomic E-state index is 0.275. The molecule has 1 fully saturated rings. The molecule has 1 aromatic rings. The minimum absolute atomic E-state index is 0.275. The van der Waals surface area contributed by atoms with Gasteiger partial charge in [-0.25, -0.2) is 0 Å². The van der Waals surface area contributed by atoms with Crippen molar-refractivity contribution in [2.24, 2.45) is 0 Å². The summed E-state index contributed by atoms with van der Waals surface area (Å²) in [6.45, 7) is 6.47. The van der Waals surface area contributed by atoms with Gasteiger partial charge >= 0.3 is 0 Å². The first kappa shape index (κ1) is 11.9. The van der Waals surface area contributed by atoms with Gasteiger partial charge in [-0.05, 0) is 38.0 Å². The summed E-state index contributed by atoms with van der Waals surface area (Å²) < 4.78 is 0. The Morgan fingerprint density at radius 2 is 2.06 bits per heavy atom. The molecule has 3 heteroatoms. The van der Waals surface area contributed by atoms with Crippen LogP contribution in [-0.2, 0) is 6.54 Å². The molecule has 88 valence electrons. The highest BCUT2D eigenvalue weighted by molar-refractivity contribution is 6.30. The molecular weight excluding hydrogens is 220 g/mol. The zero-order valence-corrected chi connectivity index (χ0v) is 10.6. The predicted molar refractivity (Wildman–Crippen MR) is 68.8 cm³/mol. The van der Waals surface area contributed by atoms with Crippen molar-refractivity contribution in [2.75, 3.05) is 6.54 Å². The Labute approximate surface area is 102 Å². The maximum Gasteiger partial charge on any atom is 0.0406 e. The first-order valence-corrected chi connectivity index (χ1v) is 6.16. The SMILES string of the molecule is CC1(C)CC(NCc2ccc(Cl)cc2)CN1. The zero-order valence-electron chi connectivity index (χ0n) is 9.89. The van der Waals surface area contributed by atoms with Crippen molar-refractivity contribution in [3.8, 4) is 0 Å². The molecule has 0 aromatic heterocycles. The molecular formula is C13H19ClN2. The van der Waals surface area contributed by atoms with E-state index in [0.29, 0.717) is 6.04 Å². The lowest BCUT2D eigenvalue weighted by Gasteiger charge is -2.17. The van der Waals surface area contributed by atoms with Crippen LogP contribution in [0.2, 0.25) is 5.02 Å². The van der Waals surface area contributed by atoms with Gasteiger partial charge in [-0.1, -0.05) is 23.7 Å². The van der Waals surface area contributed by atoms with Crippen molar-refractivity contribution in [2.45, 2.75) is 38.4 Å². The van der Waals surface area contributed by atoms with Crippen LogP contribution in [0.3, 0.4) is 0 Å². The van der Waals surface area contributed by atoms with Gasteiger partial charge in [0.1, 0.15) is 0 Å². The minimum Gasteiger partial charge on any atom is -0.310 e. The van der Waals surface area contributed by atoms with Crippen LogP contribution in [0.15, 0.2) is 24.3 Å². The van der Waals surface area contributed by atoms with Gasteiger partial charge in [0.2, 0.25) is 0 Å². The quantitative estimate of drug-likeness (QED) is 0.846. The van der Waals surface area contributed by atoms with E-state index in [1.165, 1.54) is 12.0 Å². The summed E-state index contributed by atoms with van der Waals surface area (Å²) in [6.07, 6.45) is 1.18. The van der Waals surface area contributed by atoms with Crippen LogP contribution in [-0.4, -0.2) is 18.1 Å². The second kappa shape index (κ2) is 4.74. The molecule has 1 atom stereocenters. The van der Waals surface area contributed by atoms with E-state index in [1.54, 1.807) is 0 Å². The summed E-state index contributed by atoms with van der Waals surface area (Å²) in [5.74, 6) is 0. The molecule has 0 aliphatic carbocycles. The molecule has 0 radical (unpaired) electrons. The van der Waals surface area contributed by atoms with Crippen LogP contribution in [0.4, 0.5) is 0 Å². The molecule has 1 heterocycles. The van der Waals surface area contributed by atoms with Crippen LogP contribution >= 0.6 is 11.6 Å². The maximum absolute atomic E-state index is 5.85. The van der Waals surface area contributed by atoms with Gasteiger partial charge in [0.25, 0.3) is 0 Å². The lowest BCUT2D eigenvalue weighted by atomic mass is 10.0. The van der Waals surface area contributed by atoms with Crippen molar-refractivity contribution in [3.63, 3.8) is 0 Å². The highest BCUT2D eigenvalue weighted by Gasteiger charge is 2.29. The van der Waals surface area contributed by atoms with E-state index in [4.69, 9.17) is 11.6 Å². The molecule has 16 heavy (non-hydrogen) atoms. The number of hydrogen-bond donors (Lipinski definition) is 2. The van der Waals surface area contributed by atoms with Gasteiger partial charge in [0, 0.05) is 29.7 Å². The van der Waals surface area contributed by atoms with Crippen LogP contribution in [0.5, 0.6) is 0 Å². The molecule has 0 spiro atoms. The van der Waals surface area contributed by atoms with Gasteiger partial charge in [-0.2, -0.15) is 0 Å². The second-order valence-electron chi connectivity index (χ2n) is 5.17. The molecule has 1 aliphatic heterocycles. The van der Waals surface area contributed by atoms with Crippen molar-refractivity contribution < 1.29 is 0 Å². The predicted octanol–water partition coefficient (Wildman–Crippen LogP) is 2.57. The van der Waals surface area contributed by atoms with E-state index < -0.39 is 0 Å². The van der Waals surface area contributed by atoms with E-state index in [-0.39, 0.29) is 5.54 Å². The standard InChI is InChI=1S/C13H19ClN2/c1-13(2)7-12(9-16-13)15-8-10-3-5-11(14)6-4-10/h3-6,12,15-16H,7-9H2,1-2H3. The number of rotatable bonds is 3. The summed E-state index contributed by atoms with van der Waals surface area (Å²) in [5.41, 5.74) is 1.56. The first-order valence-electron chi connectivity index (χ1n) is 5.78. The monoisotopic (exact) mass is 238 g/mol. The molecule has 2 nitrogen and oxygen atoms in total. The first-order chi connectivity index (χ1) is 7.55. The molecule has 0 saturated carbocycles. The Bertz CT molecular complexity index is 345. The smallest absolute Gasteiger partial charge is 0.0406 e. The molecule has 1 unspecified atom stereocenters. The Hall–Kier alpha value is -0.570. The Morgan fingerprint density at radius 1 is 1.38 bits per heavy atom. The normalized spacial score (nSPS) is 23.6. The summed E-state index contributed by atoms with van der Waals surface area (Å²) in [6, 6.07) is 8.60. The highest BCUT2D eigenvalue weighted by atomic mass is 35.5. The third-order valence-corrected chi connectivity index (χ3v) is 3.34. The average Bonchev–Trinajstić information content (AvgIpc) is 2.58. The molecule has 2 rings (SSSR count). The largest absolute Gasteiger partial charge is 0.310 e. The number of halogens is 1. The Kier molecular flexibility index (Phi) is 3.53. The van der Waals surface area contributed by atoms with Crippen LogP contribution in [0, 0.1) is 0 Å². The van der Waals surface area contributed by atoms with E-state index in [1.807, 2.05) is 12.1 Å². The average molecular weight is 239 g/mol. The van der Waals surface area contributed by atoms with E-state index >= 15 is 0 Å². The topological polar surface area (TPSA) is 24.1 Å². The van der Waals surface area contributed by atoms with Crippen molar-refractivity contribution in [3.05, 3.63) is 34.9 Å². The fourth-order valence-corrected chi connectivity index (χ4v) is 2.29. The van der Waals surface area contributed by atoms with Crippen LogP contribution in [0.1, 0.15) is 25.8 Å². The Morgan fingerprint density at radius 3 is 2.62 bits per heavy atom. The van der Waals surface area contributed by atoms with Gasteiger partial charge in [0.05, 0.1) is 0 Å². The fourth-order valence-electron chi connectivity index (χ4n) is 2.17. The van der Waals surface area contributed by atoms with Gasteiger partial charge in [-0.15, -0.1) is 0 Å². The third-order valence-electron chi connectivity index (χ3n) is 3.09. The van der Waals surface area contributed by atoms with Gasteiger partial charge in [-0.3, -0.25) is 0 Å². The van der Waals surface area contributed by atoms with E-state index in [0.717, 1.165) is 18.1 Å². The molecule has 1 aromatic carbocycles. The summed E-state index contributed by atoms with van der Waals surface area (Å²) in [5, 5.41) is 7.87. The molecule has 1 aliphatic rings. The van der Waals surface area contributed by atoms with Crippen LogP contribution < -0.4 is 10.6 Å². The summed E-state index contributed by atoms with van der Waals surface area (Å²) in [4.78, 5) is 0. The van der Waals surface area contributed by atoms with E-state index in [2.05, 4.69) is 36.6 Å². The highest BCUT2D eigenvalue weighted by Crippen LogP contribution is 2.18.